The van der Waals surface area contributed by atoms with Crippen LogP contribution in [0.3, 0.4) is 0 Å². The molecule has 0 bridgehead atoms. The summed E-state index contributed by atoms with van der Waals surface area (Å²) in [4.78, 5) is 14.2. The summed E-state index contributed by atoms with van der Waals surface area (Å²) in [7, 11) is 0. The number of nitrogens with one attached hydrogen (secondary N) is 1. The van der Waals surface area contributed by atoms with Gasteiger partial charge in [0.05, 0.1) is 12.1 Å². The minimum atomic E-state index is -0.746. The van der Waals surface area contributed by atoms with E-state index in [1.54, 1.807) is 0 Å². The third-order valence-corrected chi connectivity index (χ3v) is 3.18. The highest BCUT2D eigenvalue weighted by Crippen LogP contribution is 2.36. The smallest absolute Gasteiger partial charge is 0.452 e. The van der Waals surface area contributed by atoms with E-state index < -0.39 is 6.09 Å². The van der Waals surface area contributed by atoms with Gasteiger partial charge in [-0.25, -0.2) is 4.79 Å². The Balaban J connectivity index is 2.20. The first-order chi connectivity index (χ1) is 10.2. The van der Waals surface area contributed by atoms with Crippen molar-refractivity contribution >= 4 is 22.7 Å². The Labute approximate surface area is 122 Å². The molecule has 1 heterocycles. The number of nitrogens with zero attached hydrogens (tertiary/aromatic N) is 2. The van der Waals surface area contributed by atoms with Gasteiger partial charge in [0, 0.05) is 5.39 Å². The van der Waals surface area contributed by atoms with Crippen molar-refractivity contribution in [1.82, 2.24) is 4.98 Å². The second-order valence-corrected chi connectivity index (χ2v) is 4.72. The number of carbonyl (C=O) groups excluding carboxylic acids is 1. The topological polar surface area (TPSA) is 87.0 Å². The predicted molar refractivity (Wildman–Crippen MR) is 80.1 cm³/mol. The zero-order valence-corrected chi connectivity index (χ0v) is 12.2. The van der Waals surface area contributed by atoms with Crippen molar-refractivity contribution in [1.29, 1.82) is 0 Å². The van der Waals surface area contributed by atoms with E-state index in [4.69, 9.17) is 4.74 Å². The summed E-state index contributed by atoms with van der Waals surface area (Å²) in [6, 6.07) is 5.76. The number of unbranched alkanes of at least 4 members (excludes halogenated alkanes) is 1. The SMILES string of the molecule is CCCCOC(=O)N=Nc1c(O)[nH]c2ccc(CC)cc12. The number of aromatic hydroxyl groups is 1. The van der Waals surface area contributed by atoms with Crippen molar-refractivity contribution in [2.24, 2.45) is 10.2 Å². The summed E-state index contributed by atoms with van der Waals surface area (Å²) >= 11 is 0. The highest BCUT2D eigenvalue weighted by atomic mass is 16.5. The molecule has 0 atom stereocenters. The number of aromatic amines is 1. The minimum Gasteiger partial charge on any atom is -0.493 e. The molecule has 112 valence electrons. The number of H-pyrrole nitrogens is 1. The number of fused-ring (bicyclic) bond motifs is 1. The van der Waals surface area contributed by atoms with Gasteiger partial charge in [-0.15, -0.1) is 5.11 Å². The molecule has 2 rings (SSSR count). The van der Waals surface area contributed by atoms with Crippen molar-refractivity contribution < 1.29 is 14.6 Å². The number of aromatic nitrogens is 1. The molecule has 0 spiro atoms. The van der Waals surface area contributed by atoms with Crippen molar-refractivity contribution in [2.75, 3.05) is 6.61 Å². The van der Waals surface area contributed by atoms with Crippen LogP contribution < -0.4 is 0 Å². The number of benzene rings is 1. The third kappa shape index (κ3) is 3.59. The van der Waals surface area contributed by atoms with Gasteiger partial charge < -0.3 is 14.8 Å². The maximum atomic E-state index is 11.4. The lowest BCUT2D eigenvalue weighted by Gasteiger charge is -1.98. The van der Waals surface area contributed by atoms with Crippen LogP contribution in [0.15, 0.2) is 28.4 Å². The van der Waals surface area contributed by atoms with Crippen LogP contribution in [-0.4, -0.2) is 22.8 Å². The number of amides is 1. The number of ether oxygens (including phenoxy) is 1. The summed E-state index contributed by atoms with van der Waals surface area (Å²) in [5, 5.41) is 17.9. The van der Waals surface area contributed by atoms with Crippen LogP contribution in [0.4, 0.5) is 10.5 Å². The Kier molecular flexibility index (Phi) is 4.92. The van der Waals surface area contributed by atoms with Gasteiger partial charge in [-0.1, -0.05) is 31.4 Å². The Morgan fingerprint density at radius 3 is 2.90 bits per heavy atom. The molecule has 6 nitrogen and oxygen atoms in total. The largest absolute Gasteiger partial charge is 0.493 e. The van der Waals surface area contributed by atoms with Crippen LogP contribution >= 0.6 is 0 Å². The van der Waals surface area contributed by atoms with E-state index in [1.165, 1.54) is 0 Å². The third-order valence-electron chi connectivity index (χ3n) is 3.18. The number of aryl methyl sites for hydroxylation is 1. The van der Waals surface area contributed by atoms with E-state index in [1.807, 2.05) is 32.0 Å². The molecule has 1 aromatic carbocycles. The lowest BCUT2D eigenvalue weighted by atomic mass is 10.1. The first-order valence-corrected chi connectivity index (χ1v) is 7.07. The van der Waals surface area contributed by atoms with E-state index in [2.05, 4.69) is 15.2 Å². The number of rotatable bonds is 5. The molecule has 1 aromatic heterocycles. The molecule has 0 fully saturated rings. The Morgan fingerprint density at radius 2 is 2.19 bits per heavy atom. The summed E-state index contributed by atoms with van der Waals surface area (Å²) in [6.07, 6.45) is 1.86. The average molecular weight is 289 g/mol. The van der Waals surface area contributed by atoms with Crippen LogP contribution in [0.2, 0.25) is 0 Å². The molecule has 2 aromatic rings. The first kappa shape index (κ1) is 15.0. The van der Waals surface area contributed by atoms with Gasteiger partial charge in [0.25, 0.3) is 0 Å². The molecule has 6 heteroatoms. The lowest BCUT2D eigenvalue weighted by Crippen LogP contribution is -1.99. The number of hydrogen-bond acceptors (Lipinski definition) is 4. The fourth-order valence-corrected chi connectivity index (χ4v) is 1.96. The molecule has 0 saturated carbocycles. The second-order valence-electron chi connectivity index (χ2n) is 4.72. The Morgan fingerprint density at radius 1 is 1.38 bits per heavy atom. The molecule has 21 heavy (non-hydrogen) atoms. The number of hydrogen-bond donors (Lipinski definition) is 2. The maximum Gasteiger partial charge on any atom is 0.452 e. The number of carbonyl (C=O) groups is 1. The summed E-state index contributed by atoms with van der Waals surface area (Å²) in [6.45, 7) is 4.37. The highest BCUT2D eigenvalue weighted by molar-refractivity contribution is 5.94. The Bertz CT molecular complexity index is 661. The van der Waals surface area contributed by atoms with Crippen LogP contribution in [-0.2, 0) is 11.2 Å². The average Bonchev–Trinajstić information content (AvgIpc) is 2.80. The van der Waals surface area contributed by atoms with Gasteiger partial charge in [-0.3, -0.25) is 0 Å². The molecule has 0 radical (unpaired) electrons. The van der Waals surface area contributed by atoms with E-state index in [-0.39, 0.29) is 11.6 Å². The Hall–Kier alpha value is -2.37. The quantitative estimate of drug-likeness (QED) is 0.629. The first-order valence-electron chi connectivity index (χ1n) is 7.07. The lowest BCUT2D eigenvalue weighted by molar-refractivity contribution is 0.154. The van der Waals surface area contributed by atoms with E-state index >= 15 is 0 Å². The van der Waals surface area contributed by atoms with Crippen LogP contribution in [0.5, 0.6) is 5.88 Å². The van der Waals surface area contributed by atoms with Gasteiger partial charge in [0.15, 0.2) is 5.69 Å². The molecule has 2 N–H and O–H groups in total. The van der Waals surface area contributed by atoms with Crippen molar-refractivity contribution in [3.63, 3.8) is 0 Å². The van der Waals surface area contributed by atoms with Gasteiger partial charge in [0.2, 0.25) is 5.88 Å². The summed E-state index contributed by atoms with van der Waals surface area (Å²) in [5.41, 5.74) is 2.12. The van der Waals surface area contributed by atoms with E-state index in [0.29, 0.717) is 6.61 Å². The van der Waals surface area contributed by atoms with E-state index in [0.717, 1.165) is 35.7 Å². The monoisotopic (exact) mass is 289 g/mol. The van der Waals surface area contributed by atoms with Crippen molar-refractivity contribution in [3.05, 3.63) is 23.8 Å². The van der Waals surface area contributed by atoms with Gasteiger partial charge in [0.1, 0.15) is 0 Å². The molecule has 1 amide bonds. The van der Waals surface area contributed by atoms with Gasteiger partial charge in [-0.2, -0.15) is 0 Å². The molecule has 0 saturated heterocycles. The van der Waals surface area contributed by atoms with Crippen LogP contribution in [0, 0.1) is 0 Å². The number of azo groups is 1. The van der Waals surface area contributed by atoms with E-state index in [9.17, 15) is 9.90 Å². The summed E-state index contributed by atoms with van der Waals surface area (Å²) in [5.74, 6) is -0.108. The van der Waals surface area contributed by atoms with Gasteiger partial charge >= 0.3 is 6.09 Å². The molecular weight excluding hydrogens is 270 g/mol. The van der Waals surface area contributed by atoms with Crippen molar-refractivity contribution in [2.45, 2.75) is 33.1 Å². The normalized spacial score (nSPS) is 11.3. The molecular formula is C15H19N3O3. The maximum absolute atomic E-state index is 11.4. The molecule has 0 aliphatic rings. The molecule has 0 unspecified atom stereocenters. The van der Waals surface area contributed by atoms with Gasteiger partial charge in [-0.05, 0) is 30.5 Å². The van der Waals surface area contributed by atoms with Crippen molar-refractivity contribution in [3.8, 4) is 5.88 Å². The predicted octanol–water partition coefficient (Wildman–Crippen LogP) is 4.46. The van der Waals surface area contributed by atoms with Crippen LogP contribution in [0.25, 0.3) is 10.9 Å². The second kappa shape index (κ2) is 6.88. The summed E-state index contributed by atoms with van der Waals surface area (Å²) < 4.78 is 4.89. The molecule has 0 aliphatic carbocycles. The fraction of sp³-hybridized carbons (Fsp3) is 0.400. The standard InChI is InChI=1S/C15H19N3O3/c1-3-5-8-21-15(20)18-17-13-11-9-10(4-2)6-7-12(11)16-14(13)19/h6-7,9,16,19H,3-5,8H2,1-2H3. The minimum absolute atomic E-state index is 0.108. The fourth-order valence-electron chi connectivity index (χ4n) is 1.96. The molecule has 0 aliphatic heterocycles. The zero-order valence-electron chi connectivity index (χ0n) is 12.2. The van der Waals surface area contributed by atoms with Crippen LogP contribution in [0.1, 0.15) is 32.3 Å². The highest BCUT2D eigenvalue weighted by Gasteiger charge is 2.11. The zero-order chi connectivity index (χ0) is 15.2.